The maximum absolute atomic E-state index is 13.5. The van der Waals surface area contributed by atoms with Gasteiger partial charge in [-0.25, -0.2) is 9.18 Å². The smallest absolute Gasteiger partial charge is 0.339 e. The number of nitrogens with zero attached hydrogens (tertiary/aromatic N) is 1. The first kappa shape index (κ1) is 27.5. The number of amides is 2. The van der Waals surface area contributed by atoms with Crippen LogP contribution in [0.15, 0.2) is 102 Å². The van der Waals surface area contributed by atoms with E-state index >= 15 is 0 Å². The second-order valence-electron chi connectivity index (χ2n) is 8.47. The molecule has 0 bridgehead atoms. The molecule has 10 heteroatoms. The van der Waals surface area contributed by atoms with Crippen LogP contribution in [0.25, 0.3) is 0 Å². The number of carbonyl (C=O) groups excluding carboxylic acids is 1. The standard InChI is InChI=1S/C29H27FN2O6S/c1-36-24-14-16-26(17-15-24)39(34,35)38-25-7-5-6-22(18-25)20-32(19-21-10-12-23(30)13-11-21)29(33)31-27-8-3-4-9-28(27)37-2/h3-18H,19-20H2,1-2H3,(H,31,33). The first-order valence-corrected chi connectivity index (χ1v) is 13.3. The van der Waals surface area contributed by atoms with Crippen LogP contribution in [-0.4, -0.2) is 33.6 Å². The highest BCUT2D eigenvalue weighted by atomic mass is 32.2. The SMILES string of the molecule is COc1ccc(S(=O)(=O)Oc2cccc(CN(Cc3ccc(F)cc3)C(=O)Nc3ccccc3OC)c2)cc1. The number of benzene rings is 4. The molecule has 0 fully saturated rings. The Labute approximate surface area is 226 Å². The molecule has 202 valence electrons. The van der Waals surface area contributed by atoms with Gasteiger partial charge in [-0.05, 0) is 71.8 Å². The molecule has 39 heavy (non-hydrogen) atoms. The lowest BCUT2D eigenvalue weighted by atomic mass is 10.1. The summed E-state index contributed by atoms with van der Waals surface area (Å²) in [5, 5.41) is 2.85. The van der Waals surface area contributed by atoms with Crippen molar-refractivity contribution in [1.29, 1.82) is 0 Å². The number of hydrogen-bond donors (Lipinski definition) is 1. The highest BCUT2D eigenvalue weighted by Crippen LogP contribution is 2.25. The maximum Gasteiger partial charge on any atom is 0.339 e. The Hall–Kier alpha value is -4.57. The summed E-state index contributed by atoms with van der Waals surface area (Å²) in [7, 11) is -1.10. The molecule has 0 saturated heterocycles. The third kappa shape index (κ3) is 7.26. The zero-order chi connectivity index (χ0) is 27.8. The third-order valence-electron chi connectivity index (χ3n) is 5.75. The van der Waals surface area contributed by atoms with Gasteiger partial charge < -0.3 is 23.9 Å². The van der Waals surface area contributed by atoms with E-state index in [0.29, 0.717) is 28.3 Å². The van der Waals surface area contributed by atoms with Gasteiger partial charge in [0.25, 0.3) is 0 Å². The fourth-order valence-electron chi connectivity index (χ4n) is 3.79. The van der Waals surface area contributed by atoms with E-state index in [4.69, 9.17) is 13.7 Å². The molecule has 8 nitrogen and oxygen atoms in total. The number of ether oxygens (including phenoxy) is 2. The maximum atomic E-state index is 13.5. The molecule has 0 aliphatic rings. The average molecular weight is 551 g/mol. The molecule has 4 aromatic carbocycles. The summed E-state index contributed by atoms with van der Waals surface area (Å²) < 4.78 is 54.8. The summed E-state index contributed by atoms with van der Waals surface area (Å²) in [6.45, 7) is 0.272. The van der Waals surface area contributed by atoms with Crippen LogP contribution in [0.3, 0.4) is 0 Å². The lowest BCUT2D eigenvalue weighted by Gasteiger charge is -2.24. The van der Waals surface area contributed by atoms with Crippen molar-refractivity contribution in [3.8, 4) is 17.2 Å². The number of urea groups is 1. The van der Waals surface area contributed by atoms with Gasteiger partial charge in [0.05, 0.1) is 19.9 Å². The monoisotopic (exact) mass is 550 g/mol. The Balaban J connectivity index is 1.56. The molecule has 0 unspecified atom stereocenters. The fraction of sp³-hybridized carbons (Fsp3) is 0.138. The Morgan fingerprint density at radius 3 is 2.18 bits per heavy atom. The highest BCUT2D eigenvalue weighted by Gasteiger charge is 2.19. The topological polar surface area (TPSA) is 94.2 Å². The number of methoxy groups -OCH3 is 2. The van der Waals surface area contributed by atoms with Crippen LogP contribution in [0.5, 0.6) is 17.2 Å². The average Bonchev–Trinajstić information content (AvgIpc) is 2.94. The van der Waals surface area contributed by atoms with Crippen LogP contribution in [0.1, 0.15) is 11.1 Å². The van der Waals surface area contributed by atoms with E-state index in [9.17, 15) is 17.6 Å². The van der Waals surface area contributed by atoms with Gasteiger partial charge in [0.1, 0.15) is 28.0 Å². The minimum Gasteiger partial charge on any atom is -0.497 e. The molecule has 0 aliphatic carbocycles. The van der Waals surface area contributed by atoms with Crippen LogP contribution >= 0.6 is 0 Å². The van der Waals surface area contributed by atoms with Crippen molar-refractivity contribution in [2.24, 2.45) is 0 Å². The van der Waals surface area contributed by atoms with E-state index < -0.39 is 16.1 Å². The van der Waals surface area contributed by atoms with Gasteiger partial charge in [-0.3, -0.25) is 0 Å². The molecule has 0 aromatic heterocycles. The number of carbonyl (C=O) groups is 1. The second-order valence-corrected chi connectivity index (χ2v) is 10.0. The van der Waals surface area contributed by atoms with Crippen LogP contribution < -0.4 is 19.0 Å². The van der Waals surface area contributed by atoms with Crippen LogP contribution in [-0.2, 0) is 23.2 Å². The molecule has 0 heterocycles. The molecular weight excluding hydrogens is 523 g/mol. The minimum atomic E-state index is -4.10. The van der Waals surface area contributed by atoms with E-state index in [1.54, 1.807) is 54.6 Å². The Bertz CT molecular complexity index is 1530. The Kier molecular flexibility index (Phi) is 8.67. The zero-order valence-corrected chi connectivity index (χ0v) is 22.2. The molecular formula is C29H27FN2O6S. The van der Waals surface area contributed by atoms with Crippen LogP contribution in [0.2, 0.25) is 0 Å². The lowest BCUT2D eigenvalue weighted by molar-refractivity contribution is 0.206. The van der Waals surface area contributed by atoms with Gasteiger partial charge in [-0.15, -0.1) is 0 Å². The summed E-state index contributed by atoms with van der Waals surface area (Å²) in [5.41, 5.74) is 1.81. The summed E-state index contributed by atoms with van der Waals surface area (Å²) in [4.78, 5) is 14.8. The molecule has 4 aromatic rings. The lowest BCUT2D eigenvalue weighted by Crippen LogP contribution is -2.34. The summed E-state index contributed by atoms with van der Waals surface area (Å²) >= 11 is 0. The largest absolute Gasteiger partial charge is 0.497 e. The number of nitrogens with one attached hydrogen (secondary N) is 1. The van der Waals surface area contributed by atoms with E-state index in [1.165, 1.54) is 61.6 Å². The predicted molar refractivity (Wildman–Crippen MR) is 145 cm³/mol. The summed E-state index contributed by atoms with van der Waals surface area (Å²) in [5.74, 6) is 0.720. The number of anilines is 1. The molecule has 1 N–H and O–H groups in total. The summed E-state index contributed by atoms with van der Waals surface area (Å²) in [6, 6.07) is 24.7. The number of rotatable bonds is 10. The number of para-hydroxylation sites is 2. The molecule has 0 aliphatic heterocycles. The Morgan fingerprint density at radius 2 is 1.49 bits per heavy atom. The second kappa shape index (κ2) is 12.3. The highest BCUT2D eigenvalue weighted by molar-refractivity contribution is 7.87. The van der Waals surface area contributed by atoms with E-state index in [1.807, 2.05) is 0 Å². The molecule has 0 atom stereocenters. The fourth-order valence-corrected chi connectivity index (χ4v) is 4.71. The first-order valence-electron chi connectivity index (χ1n) is 11.9. The summed E-state index contributed by atoms with van der Waals surface area (Å²) in [6.07, 6.45) is 0. The third-order valence-corrected chi connectivity index (χ3v) is 7.01. The number of halogens is 1. The first-order chi connectivity index (χ1) is 18.8. The van der Waals surface area contributed by atoms with E-state index in [2.05, 4.69) is 5.32 Å². The van der Waals surface area contributed by atoms with Crippen molar-refractivity contribution in [2.75, 3.05) is 19.5 Å². The van der Waals surface area contributed by atoms with Crippen molar-refractivity contribution in [3.63, 3.8) is 0 Å². The predicted octanol–water partition coefficient (Wildman–Crippen LogP) is 5.84. The van der Waals surface area contributed by atoms with Crippen molar-refractivity contribution in [3.05, 3.63) is 114 Å². The normalized spacial score (nSPS) is 10.9. The van der Waals surface area contributed by atoms with Gasteiger partial charge >= 0.3 is 16.1 Å². The van der Waals surface area contributed by atoms with Crippen molar-refractivity contribution >= 4 is 21.8 Å². The molecule has 0 spiro atoms. The van der Waals surface area contributed by atoms with Crippen LogP contribution in [0, 0.1) is 5.82 Å². The van der Waals surface area contributed by atoms with Gasteiger partial charge in [-0.2, -0.15) is 8.42 Å². The molecule has 4 rings (SSSR count). The molecule has 0 radical (unpaired) electrons. The van der Waals surface area contributed by atoms with Gasteiger partial charge in [-0.1, -0.05) is 36.4 Å². The number of hydrogen-bond acceptors (Lipinski definition) is 6. The zero-order valence-electron chi connectivity index (χ0n) is 21.3. The van der Waals surface area contributed by atoms with Crippen molar-refractivity contribution in [1.82, 2.24) is 4.90 Å². The molecule has 0 saturated carbocycles. The molecule has 2 amide bonds. The van der Waals surface area contributed by atoms with Gasteiger partial charge in [0.2, 0.25) is 0 Å². The van der Waals surface area contributed by atoms with Gasteiger partial charge in [0, 0.05) is 13.1 Å². The van der Waals surface area contributed by atoms with E-state index in [0.717, 1.165) is 0 Å². The minimum absolute atomic E-state index is 0.0252. The van der Waals surface area contributed by atoms with Gasteiger partial charge in [0.15, 0.2) is 0 Å². The van der Waals surface area contributed by atoms with Crippen molar-refractivity contribution in [2.45, 2.75) is 18.0 Å². The van der Waals surface area contributed by atoms with E-state index in [-0.39, 0.29) is 29.6 Å². The quantitative estimate of drug-likeness (QED) is 0.249. The Morgan fingerprint density at radius 1 is 0.795 bits per heavy atom. The van der Waals surface area contributed by atoms with Crippen LogP contribution in [0.4, 0.5) is 14.9 Å². The van der Waals surface area contributed by atoms with Crippen molar-refractivity contribution < 1.29 is 31.3 Å².